The van der Waals surface area contributed by atoms with Crippen LogP contribution in [0.15, 0.2) is 30.3 Å². The number of aromatic nitrogens is 1. The lowest BCUT2D eigenvalue weighted by Crippen LogP contribution is -2.04. The van der Waals surface area contributed by atoms with E-state index < -0.39 is 0 Å². The fourth-order valence-corrected chi connectivity index (χ4v) is 2.54. The van der Waals surface area contributed by atoms with Crippen molar-refractivity contribution in [1.82, 2.24) is 4.98 Å². The fraction of sp³-hybridized carbons (Fsp3) is 0.267. The summed E-state index contributed by atoms with van der Waals surface area (Å²) in [6.45, 7) is 0.417. The van der Waals surface area contributed by atoms with Crippen LogP contribution in [0.1, 0.15) is 23.2 Å². The average molecular weight is 275 g/mol. The molecule has 98 valence electrons. The summed E-state index contributed by atoms with van der Waals surface area (Å²) < 4.78 is 5.83. The molecule has 1 aliphatic rings. The molecule has 2 aromatic rings. The molecule has 0 fully saturated rings. The molecule has 0 amide bonds. The molecule has 0 saturated carbocycles. The predicted molar refractivity (Wildman–Crippen MR) is 75.7 cm³/mol. The first kappa shape index (κ1) is 12.5. The lowest BCUT2D eigenvalue weighted by molar-refractivity contribution is 0.454. The smallest absolute Gasteiger partial charge is 0.224 e. The zero-order valence-electron chi connectivity index (χ0n) is 10.5. The Bertz CT molecular complexity index is 613. The number of nitrogens with two attached hydrogens (primary N) is 1. The molecule has 19 heavy (non-hydrogen) atoms. The molecular formula is C15H15ClN2O. The molecule has 4 heteroatoms. The van der Waals surface area contributed by atoms with Gasteiger partial charge in [-0.3, -0.25) is 0 Å². The first-order valence-electron chi connectivity index (χ1n) is 6.42. The number of nitrogens with zero attached hydrogens (tertiary/aromatic N) is 1. The average Bonchev–Trinajstić information content (AvgIpc) is 2.87. The highest BCUT2D eigenvalue weighted by Gasteiger charge is 2.17. The van der Waals surface area contributed by atoms with E-state index >= 15 is 0 Å². The van der Waals surface area contributed by atoms with E-state index in [1.165, 1.54) is 5.56 Å². The van der Waals surface area contributed by atoms with Gasteiger partial charge in [-0.15, -0.1) is 0 Å². The number of rotatable bonds is 3. The molecule has 0 atom stereocenters. The number of benzene rings is 1. The molecule has 2 N–H and O–H groups in total. The van der Waals surface area contributed by atoms with Gasteiger partial charge in [0.1, 0.15) is 5.75 Å². The number of pyridine rings is 1. The van der Waals surface area contributed by atoms with Crippen LogP contribution in [0.2, 0.25) is 5.02 Å². The Balaban J connectivity index is 1.98. The van der Waals surface area contributed by atoms with Crippen LogP contribution in [0.3, 0.4) is 0 Å². The van der Waals surface area contributed by atoms with Crippen LogP contribution in [0, 0.1) is 0 Å². The Kier molecular flexibility index (Phi) is 3.40. The second-order valence-electron chi connectivity index (χ2n) is 4.65. The van der Waals surface area contributed by atoms with E-state index in [0.717, 1.165) is 30.5 Å². The molecule has 3 rings (SSSR count). The van der Waals surface area contributed by atoms with Gasteiger partial charge < -0.3 is 10.5 Å². The van der Waals surface area contributed by atoms with Crippen molar-refractivity contribution >= 4 is 11.6 Å². The largest absolute Gasteiger partial charge is 0.437 e. The van der Waals surface area contributed by atoms with E-state index in [4.69, 9.17) is 22.1 Å². The van der Waals surface area contributed by atoms with E-state index in [1.54, 1.807) is 6.07 Å². The van der Waals surface area contributed by atoms with Crippen LogP contribution in [-0.2, 0) is 19.4 Å². The van der Waals surface area contributed by atoms with Crippen molar-refractivity contribution in [2.45, 2.75) is 25.8 Å². The summed E-state index contributed by atoms with van der Waals surface area (Å²) in [6.07, 6.45) is 3.25. The zero-order valence-corrected chi connectivity index (χ0v) is 11.3. The Morgan fingerprint density at radius 3 is 2.89 bits per heavy atom. The molecule has 0 spiro atoms. The molecule has 0 radical (unpaired) electrons. The number of hydrogen-bond donors (Lipinski definition) is 1. The second-order valence-corrected chi connectivity index (χ2v) is 5.06. The summed E-state index contributed by atoms with van der Waals surface area (Å²) in [5.74, 6) is 1.19. The maximum Gasteiger partial charge on any atom is 0.224 e. The SMILES string of the molecule is NCc1cc2c(nc1Oc1ccccc1Cl)CCC2. The third-order valence-electron chi connectivity index (χ3n) is 3.35. The molecular weight excluding hydrogens is 260 g/mol. The van der Waals surface area contributed by atoms with Crippen LogP contribution >= 0.6 is 11.6 Å². The minimum Gasteiger partial charge on any atom is -0.437 e. The zero-order chi connectivity index (χ0) is 13.2. The number of para-hydroxylation sites is 1. The number of fused-ring (bicyclic) bond motifs is 1. The van der Waals surface area contributed by atoms with E-state index in [-0.39, 0.29) is 0 Å². The molecule has 3 nitrogen and oxygen atoms in total. The van der Waals surface area contributed by atoms with Crippen molar-refractivity contribution in [2.24, 2.45) is 5.73 Å². The van der Waals surface area contributed by atoms with Gasteiger partial charge in [0.15, 0.2) is 0 Å². The quantitative estimate of drug-likeness (QED) is 0.932. The molecule has 1 aromatic carbocycles. The number of halogens is 1. The van der Waals surface area contributed by atoms with E-state index in [9.17, 15) is 0 Å². The molecule has 0 unspecified atom stereocenters. The number of ether oxygens (including phenoxy) is 1. The van der Waals surface area contributed by atoms with E-state index in [0.29, 0.717) is 23.2 Å². The third-order valence-corrected chi connectivity index (χ3v) is 3.67. The maximum absolute atomic E-state index is 6.10. The molecule has 1 aliphatic carbocycles. The summed E-state index contributed by atoms with van der Waals surface area (Å²) in [5, 5.41) is 0.577. The molecule has 1 heterocycles. The van der Waals surface area contributed by atoms with Crippen LogP contribution in [0.4, 0.5) is 0 Å². The van der Waals surface area contributed by atoms with Crippen LogP contribution < -0.4 is 10.5 Å². The summed E-state index contributed by atoms with van der Waals surface area (Å²) in [7, 11) is 0. The van der Waals surface area contributed by atoms with Gasteiger partial charge in [0.25, 0.3) is 0 Å². The Morgan fingerprint density at radius 1 is 1.26 bits per heavy atom. The van der Waals surface area contributed by atoms with Crippen molar-refractivity contribution in [3.8, 4) is 11.6 Å². The lowest BCUT2D eigenvalue weighted by Gasteiger charge is -2.12. The maximum atomic E-state index is 6.10. The summed E-state index contributed by atoms with van der Waals surface area (Å²) >= 11 is 6.10. The van der Waals surface area contributed by atoms with Gasteiger partial charge in [-0.25, -0.2) is 4.98 Å². The van der Waals surface area contributed by atoms with Crippen molar-refractivity contribution < 1.29 is 4.74 Å². The van der Waals surface area contributed by atoms with Gasteiger partial charge in [-0.05, 0) is 43.0 Å². The molecule has 0 saturated heterocycles. The van der Waals surface area contributed by atoms with Crippen molar-refractivity contribution in [1.29, 1.82) is 0 Å². The van der Waals surface area contributed by atoms with Crippen LogP contribution in [0.5, 0.6) is 11.6 Å². The van der Waals surface area contributed by atoms with Crippen molar-refractivity contribution in [3.63, 3.8) is 0 Å². The van der Waals surface area contributed by atoms with Gasteiger partial charge in [0.05, 0.1) is 5.02 Å². The molecule has 0 bridgehead atoms. The highest BCUT2D eigenvalue weighted by atomic mass is 35.5. The monoisotopic (exact) mass is 274 g/mol. The number of aryl methyl sites for hydroxylation is 2. The fourth-order valence-electron chi connectivity index (χ4n) is 2.37. The molecule has 0 aliphatic heterocycles. The van der Waals surface area contributed by atoms with Gasteiger partial charge in [0, 0.05) is 17.8 Å². The molecule has 1 aromatic heterocycles. The standard InChI is InChI=1S/C15H15ClN2O/c16-12-5-1-2-7-14(12)19-15-11(9-17)8-10-4-3-6-13(10)18-15/h1-2,5,7-8H,3-4,6,9,17H2. The summed E-state index contributed by atoms with van der Waals surface area (Å²) in [6, 6.07) is 9.50. The highest BCUT2D eigenvalue weighted by molar-refractivity contribution is 6.32. The first-order chi connectivity index (χ1) is 9.28. The summed E-state index contributed by atoms with van der Waals surface area (Å²) in [4.78, 5) is 4.60. The minimum absolute atomic E-state index is 0.417. The van der Waals surface area contributed by atoms with E-state index in [1.807, 2.05) is 18.2 Å². The highest BCUT2D eigenvalue weighted by Crippen LogP contribution is 2.32. The van der Waals surface area contributed by atoms with Crippen LogP contribution in [-0.4, -0.2) is 4.98 Å². The van der Waals surface area contributed by atoms with Crippen LogP contribution in [0.25, 0.3) is 0 Å². The minimum atomic E-state index is 0.417. The van der Waals surface area contributed by atoms with Gasteiger partial charge >= 0.3 is 0 Å². The van der Waals surface area contributed by atoms with Crippen molar-refractivity contribution in [2.75, 3.05) is 0 Å². The normalized spacial score (nSPS) is 13.4. The third kappa shape index (κ3) is 2.44. The van der Waals surface area contributed by atoms with Gasteiger partial charge in [-0.1, -0.05) is 23.7 Å². The second kappa shape index (κ2) is 5.19. The lowest BCUT2D eigenvalue weighted by atomic mass is 10.1. The Hall–Kier alpha value is -1.58. The van der Waals surface area contributed by atoms with Crippen molar-refractivity contribution in [3.05, 3.63) is 52.2 Å². The summed E-state index contributed by atoms with van der Waals surface area (Å²) in [5.41, 5.74) is 9.14. The van der Waals surface area contributed by atoms with Gasteiger partial charge in [0.2, 0.25) is 5.88 Å². The van der Waals surface area contributed by atoms with Gasteiger partial charge in [-0.2, -0.15) is 0 Å². The number of hydrogen-bond acceptors (Lipinski definition) is 3. The first-order valence-corrected chi connectivity index (χ1v) is 6.80. The topological polar surface area (TPSA) is 48.1 Å². The Labute approximate surface area is 117 Å². The Morgan fingerprint density at radius 2 is 2.11 bits per heavy atom. The predicted octanol–water partition coefficient (Wildman–Crippen LogP) is 3.47. The van der Waals surface area contributed by atoms with E-state index in [2.05, 4.69) is 11.1 Å².